The molecule has 15 heavy (non-hydrogen) atoms. The van der Waals surface area contributed by atoms with Crippen molar-refractivity contribution in [1.29, 1.82) is 0 Å². The van der Waals surface area contributed by atoms with Crippen LogP contribution >= 0.6 is 11.8 Å². The molecule has 5 heteroatoms. The summed E-state index contributed by atoms with van der Waals surface area (Å²) in [6.45, 7) is 9.15. The highest BCUT2D eigenvalue weighted by Gasteiger charge is 2.27. The third-order valence-corrected chi connectivity index (χ3v) is 8.34. The Labute approximate surface area is 97.8 Å². The van der Waals surface area contributed by atoms with E-state index in [4.69, 9.17) is 10.8 Å². The molecule has 0 amide bonds. The van der Waals surface area contributed by atoms with E-state index in [-0.39, 0.29) is 0 Å². The van der Waals surface area contributed by atoms with Crippen LogP contribution in [-0.2, 0) is 4.79 Å². The highest BCUT2D eigenvalue weighted by molar-refractivity contribution is 8.01. The summed E-state index contributed by atoms with van der Waals surface area (Å²) in [7, 11) is -1.19. The van der Waals surface area contributed by atoms with Crippen molar-refractivity contribution >= 4 is 25.8 Å². The van der Waals surface area contributed by atoms with Gasteiger partial charge in [0.1, 0.15) is 6.04 Å². The zero-order valence-corrected chi connectivity index (χ0v) is 11.9. The molecule has 0 aliphatic carbocycles. The van der Waals surface area contributed by atoms with Gasteiger partial charge in [0.2, 0.25) is 0 Å². The van der Waals surface area contributed by atoms with E-state index in [2.05, 4.69) is 26.6 Å². The molecule has 0 aromatic carbocycles. The summed E-state index contributed by atoms with van der Waals surface area (Å²) >= 11 is 1.75. The molecule has 0 aliphatic rings. The maximum absolute atomic E-state index is 10.6. The van der Waals surface area contributed by atoms with Crippen molar-refractivity contribution in [2.45, 2.75) is 50.3 Å². The summed E-state index contributed by atoms with van der Waals surface area (Å²) in [6.07, 6.45) is 2.33. The van der Waals surface area contributed by atoms with Gasteiger partial charge in [-0.05, 0) is 11.3 Å². The Hall–Kier alpha value is -0.00312. The summed E-state index contributed by atoms with van der Waals surface area (Å²) in [5.41, 5.74) is 5.50. The molecule has 0 rings (SSSR count). The second kappa shape index (κ2) is 6.55. The molecular weight excluding hydrogens is 226 g/mol. The smallest absolute Gasteiger partial charge is 0.321 e. The second-order valence-electron chi connectivity index (χ2n) is 4.92. The van der Waals surface area contributed by atoms with E-state index in [1.807, 2.05) is 0 Å². The average Bonchev–Trinajstić information content (AvgIpc) is 2.09. The van der Waals surface area contributed by atoms with Crippen LogP contribution in [0.1, 0.15) is 19.8 Å². The number of rotatable bonds is 7. The third-order valence-electron chi connectivity index (χ3n) is 2.31. The van der Waals surface area contributed by atoms with Crippen LogP contribution in [0.4, 0.5) is 0 Å². The first-order chi connectivity index (χ1) is 6.79. The van der Waals surface area contributed by atoms with Gasteiger partial charge in [0, 0.05) is 5.75 Å². The Morgan fingerprint density at radius 1 is 1.47 bits per heavy atom. The van der Waals surface area contributed by atoms with Crippen molar-refractivity contribution < 1.29 is 9.90 Å². The zero-order valence-electron chi connectivity index (χ0n) is 10.1. The van der Waals surface area contributed by atoms with Crippen molar-refractivity contribution in [3.05, 3.63) is 0 Å². The zero-order chi connectivity index (χ0) is 12.1. The molecule has 0 saturated carbocycles. The van der Waals surface area contributed by atoms with Crippen LogP contribution in [0.15, 0.2) is 0 Å². The topological polar surface area (TPSA) is 63.3 Å². The largest absolute Gasteiger partial charge is 0.480 e. The van der Waals surface area contributed by atoms with E-state index in [0.717, 1.165) is 6.42 Å². The lowest BCUT2D eigenvalue weighted by atomic mass is 10.4. The minimum atomic E-state index is -1.19. The molecule has 0 radical (unpaired) electrons. The first kappa shape index (κ1) is 15.0. The van der Waals surface area contributed by atoms with Crippen LogP contribution in [0.2, 0.25) is 19.6 Å². The lowest BCUT2D eigenvalue weighted by Gasteiger charge is -2.28. The van der Waals surface area contributed by atoms with E-state index >= 15 is 0 Å². The van der Waals surface area contributed by atoms with Crippen LogP contribution in [-0.4, -0.2) is 35.8 Å². The standard InChI is InChI=1S/C10H23NO2SSi/c1-5-6-9(15(2,3)4)14-7-8(11)10(12)13/h8-9H,5-7,11H2,1-4H3,(H,12,13)/t8-,9?/m0/s1. The van der Waals surface area contributed by atoms with Gasteiger partial charge in [-0.2, -0.15) is 11.8 Å². The van der Waals surface area contributed by atoms with Gasteiger partial charge >= 0.3 is 5.97 Å². The van der Waals surface area contributed by atoms with Gasteiger partial charge in [0.25, 0.3) is 0 Å². The summed E-state index contributed by atoms with van der Waals surface area (Å²) in [5.74, 6) is -0.363. The minimum absolute atomic E-state index is 0.532. The summed E-state index contributed by atoms with van der Waals surface area (Å²) < 4.78 is 0. The maximum atomic E-state index is 10.6. The van der Waals surface area contributed by atoms with Gasteiger partial charge in [-0.1, -0.05) is 33.0 Å². The Morgan fingerprint density at radius 2 is 2.00 bits per heavy atom. The van der Waals surface area contributed by atoms with Crippen LogP contribution in [0, 0.1) is 0 Å². The number of carboxylic acid groups (broad SMARTS) is 1. The monoisotopic (exact) mass is 249 g/mol. The number of nitrogens with two attached hydrogens (primary N) is 1. The fourth-order valence-corrected chi connectivity index (χ4v) is 5.75. The van der Waals surface area contributed by atoms with Gasteiger partial charge in [-0.15, -0.1) is 0 Å². The molecule has 2 atom stereocenters. The summed E-state index contributed by atoms with van der Waals surface area (Å²) in [5, 5.41) is 8.70. The van der Waals surface area contributed by atoms with Gasteiger partial charge in [0.15, 0.2) is 0 Å². The first-order valence-corrected chi connectivity index (χ1v) is 10.0. The van der Waals surface area contributed by atoms with Crippen LogP contribution < -0.4 is 5.73 Å². The second-order valence-corrected chi connectivity index (χ2v) is 12.0. The number of hydrogen-bond donors (Lipinski definition) is 2. The summed E-state index contributed by atoms with van der Waals surface area (Å²) in [4.78, 5) is 11.2. The van der Waals surface area contributed by atoms with Crippen molar-refractivity contribution in [2.75, 3.05) is 5.75 Å². The molecule has 0 aromatic heterocycles. The van der Waals surface area contributed by atoms with E-state index in [1.54, 1.807) is 11.8 Å². The molecular formula is C10H23NO2SSi. The number of carboxylic acids is 1. The molecule has 0 aliphatic heterocycles. The van der Waals surface area contributed by atoms with Gasteiger partial charge in [-0.3, -0.25) is 4.79 Å². The molecule has 3 nitrogen and oxygen atoms in total. The van der Waals surface area contributed by atoms with E-state index < -0.39 is 20.1 Å². The van der Waals surface area contributed by atoms with Crippen LogP contribution in [0.5, 0.6) is 0 Å². The quantitative estimate of drug-likeness (QED) is 0.679. The van der Waals surface area contributed by atoms with Gasteiger partial charge < -0.3 is 10.8 Å². The minimum Gasteiger partial charge on any atom is -0.480 e. The van der Waals surface area contributed by atoms with Crippen molar-refractivity contribution in [3.8, 4) is 0 Å². The highest BCUT2D eigenvalue weighted by Crippen LogP contribution is 2.26. The molecule has 0 heterocycles. The fourth-order valence-electron chi connectivity index (χ4n) is 1.32. The summed E-state index contributed by atoms with van der Waals surface area (Å²) in [6, 6.07) is -0.717. The molecule has 0 aromatic rings. The first-order valence-electron chi connectivity index (χ1n) is 5.39. The van der Waals surface area contributed by atoms with Gasteiger partial charge in [-0.25, -0.2) is 0 Å². The predicted octanol–water partition coefficient (Wildman–Crippen LogP) is 2.18. The predicted molar refractivity (Wildman–Crippen MR) is 70.1 cm³/mol. The van der Waals surface area contributed by atoms with E-state index in [9.17, 15) is 4.79 Å². The highest BCUT2D eigenvalue weighted by atomic mass is 32.2. The number of aliphatic carboxylic acids is 1. The number of thioether (sulfide) groups is 1. The van der Waals surface area contributed by atoms with Crippen molar-refractivity contribution in [3.63, 3.8) is 0 Å². The third kappa shape index (κ3) is 6.22. The molecule has 0 spiro atoms. The number of carbonyl (C=O) groups is 1. The Bertz CT molecular complexity index is 206. The molecule has 1 unspecified atom stereocenters. The molecule has 90 valence electrons. The molecule has 3 N–H and O–H groups in total. The average molecular weight is 249 g/mol. The molecule has 0 bridgehead atoms. The molecule has 0 fully saturated rings. The molecule has 0 saturated heterocycles. The maximum Gasteiger partial charge on any atom is 0.321 e. The van der Waals surface area contributed by atoms with Crippen molar-refractivity contribution in [1.82, 2.24) is 0 Å². The van der Waals surface area contributed by atoms with E-state index in [1.165, 1.54) is 6.42 Å². The van der Waals surface area contributed by atoms with Crippen LogP contribution in [0.3, 0.4) is 0 Å². The number of hydrogen-bond acceptors (Lipinski definition) is 3. The lowest BCUT2D eigenvalue weighted by Crippen LogP contribution is -2.39. The van der Waals surface area contributed by atoms with Gasteiger partial charge in [0.05, 0.1) is 8.07 Å². The van der Waals surface area contributed by atoms with Crippen LogP contribution in [0.25, 0.3) is 0 Å². The van der Waals surface area contributed by atoms with E-state index in [0.29, 0.717) is 10.6 Å². The Balaban J connectivity index is 4.13. The lowest BCUT2D eigenvalue weighted by molar-refractivity contribution is -0.137. The normalized spacial score (nSPS) is 16.1. The SMILES string of the molecule is CCCC(SC[C@H](N)C(=O)O)[Si](C)(C)C. The Kier molecular flexibility index (Phi) is 6.55. The Morgan fingerprint density at radius 3 is 2.33 bits per heavy atom. The fraction of sp³-hybridized carbons (Fsp3) is 0.900. The van der Waals surface area contributed by atoms with Crippen molar-refractivity contribution in [2.24, 2.45) is 5.73 Å².